The summed E-state index contributed by atoms with van der Waals surface area (Å²) in [7, 11) is 1.81. The summed E-state index contributed by atoms with van der Waals surface area (Å²) >= 11 is 0. The third kappa shape index (κ3) is 5.24. The standard InChI is InChI=1S/C22H34O3/c1-7-22(5,23-6)13-8-9-17(2)12-14-24-18-10-11-19-20(15-18)25-16-21(19,3)4/h10-12,15H,7-9,13-14,16H2,1-6H3/b17-12+. The average molecular weight is 347 g/mol. The van der Waals surface area contributed by atoms with Crippen molar-refractivity contribution in [2.75, 3.05) is 20.3 Å². The van der Waals surface area contributed by atoms with Crippen LogP contribution in [0.25, 0.3) is 0 Å². The molecular weight excluding hydrogens is 312 g/mol. The maximum absolute atomic E-state index is 5.88. The van der Waals surface area contributed by atoms with E-state index >= 15 is 0 Å². The van der Waals surface area contributed by atoms with Gasteiger partial charge in [0.05, 0.1) is 12.2 Å². The van der Waals surface area contributed by atoms with Crippen molar-refractivity contribution in [2.24, 2.45) is 0 Å². The molecule has 25 heavy (non-hydrogen) atoms. The molecule has 0 saturated heterocycles. The van der Waals surface area contributed by atoms with Gasteiger partial charge in [-0.2, -0.15) is 0 Å². The number of hydrogen-bond donors (Lipinski definition) is 0. The molecule has 0 N–H and O–H groups in total. The van der Waals surface area contributed by atoms with E-state index in [4.69, 9.17) is 14.2 Å². The van der Waals surface area contributed by atoms with Crippen LogP contribution in [0.1, 0.15) is 65.9 Å². The predicted molar refractivity (Wildman–Crippen MR) is 104 cm³/mol. The van der Waals surface area contributed by atoms with Crippen molar-refractivity contribution in [1.29, 1.82) is 0 Å². The van der Waals surface area contributed by atoms with Crippen LogP contribution in [0.5, 0.6) is 11.5 Å². The average Bonchev–Trinajstić information content (AvgIpc) is 2.89. The van der Waals surface area contributed by atoms with Crippen LogP contribution < -0.4 is 9.47 Å². The van der Waals surface area contributed by atoms with Crippen molar-refractivity contribution < 1.29 is 14.2 Å². The lowest BCUT2D eigenvalue weighted by Crippen LogP contribution is -2.25. The second kappa shape index (κ2) is 8.27. The molecular formula is C22H34O3. The number of ether oxygens (including phenoxy) is 3. The second-order valence-electron chi connectivity index (χ2n) is 8.05. The lowest BCUT2D eigenvalue weighted by atomic mass is 9.87. The van der Waals surface area contributed by atoms with Gasteiger partial charge < -0.3 is 14.2 Å². The van der Waals surface area contributed by atoms with E-state index in [0.717, 1.165) is 43.8 Å². The number of allylic oxidation sites excluding steroid dienone is 1. The van der Waals surface area contributed by atoms with Gasteiger partial charge in [-0.1, -0.05) is 32.4 Å². The zero-order valence-electron chi connectivity index (χ0n) is 16.8. The van der Waals surface area contributed by atoms with E-state index in [1.54, 1.807) is 0 Å². The van der Waals surface area contributed by atoms with Crippen molar-refractivity contribution >= 4 is 0 Å². The number of methoxy groups -OCH3 is 1. The minimum absolute atomic E-state index is 0.00890. The molecule has 3 heteroatoms. The number of rotatable bonds is 9. The Morgan fingerprint density at radius 1 is 1.36 bits per heavy atom. The molecule has 1 aliphatic rings. The molecule has 1 heterocycles. The van der Waals surface area contributed by atoms with E-state index in [1.807, 2.05) is 19.2 Å². The van der Waals surface area contributed by atoms with Gasteiger partial charge in [0.1, 0.15) is 18.1 Å². The molecule has 1 aliphatic heterocycles. The van der Waals surface area contributed by atoms with E-state index in [2.05, 4.69) is 46.8 Å². The van der Waals surface area contributed by atoms with Crippen LogP contribution in [-0.2, 0) is 10.2 Å². The number of fused-ring (bicyclic) bond motifs is 1. The van der Waals surface area contributed by atoms with Crippen molar-refractivity contribution in [2.45, 2.75) is 71.3 Å². The second-order valence-corrected chi connectivity index (χ2v) is 8.05. The van der Waals surface area contributed by atoms with Gasteiger partial charge in [-0.3, -0.25) is 0 Å². The van der Waals surface area contributed by atoms with Crippen LogP contribution in [0.2, 0.25) is 0 Å². The van der Waals surface area contributed by atoms with Crippen LogP contribution >= 0.6 is 0 Å². The van der Waals surface area contributed by atoms with Gasteiger partial charge in [-0.05, 0) is 51.7 Å². The van der Waals surface area contributed by atoms with Crippen molar-refractivity contribution in [3.8, 4) is 11.5 Å². The highest BCUT2D eigenvalue weighted by Gasteiger charge is 2.31. The Balaban J connectivity index is 1.79. The smallest absolute Gasteiger partial charge is 0.126 e. The molecule has 140 valence electrons. The first-order valence-corrected chi connectivity index (χ1v) is 9.40. The van der Waals surface area contributed by atoms with Gasteiger partial charge in [0, 0.05) is 24.2 Å². The van der Waals surface area contributed by atoms with Gasteiger partial charge in [0.25, 0.3) is 0 Å². The maximum atomic E-state index is 5.88. The minimum Gasteiger partial charge on any atom is -0.492 e. The van der Waals surface area contributed by atoms with E-state index in [1.165, 1.54) is 11.1 Å². The van der Waals surface area contributed by atoms with Crippen molar-refractivity contribution in [3.63, 3.8) is 0 Å². The summed E-state index contributed by atoms with van der Waals surface area (Å²) in [6.45, 7) is 12.3. The summed E-state index contributed by atoms with van der Waals surface area (Å²) in [4.78, 5) is 0. The van der Waals surface area contributed by atoms with Gasteiger partial charge in [0.2, 0.25) is 0 Å². The van der Waals surface area contributed by atoms with Crippen LogP contribution in [0.3, 0.4) is 0 Å². The molecule has 1 atom stereocenters. The van der Waals surface area contributed by atoms with E-state index in [0.29, 0.717) is 6.61 Å². The van der Waals surface area contributed by atoms with Gasteiger partial charge in [-0.15, -0.1) is 0 Å². The Labute approximate surface area is 153 Å². The largest absolute Gasteiger partial charge is 0.492 e. The zero-order valence-corrected chi connectivity index (χ0v) is 16.8. The normalized spacial score (nSPS) is 18.4. The molecule has 0 saturated carbocycles. The van der Waals surface area contributed by atoms with E-state index in [9.17, 15) is 0 Å². The van der Waals surface area contributed by atoms with Crippen LogP contribution in [0.15, 0.2) is 29.8 Å². The third-order valence-corrected chi connectivity index (χ3v) is 5.47. The first-order chi connectivity index (χ1) is 11.8. The monoisotopic (exact) mass is 346 g/mol. The van der Waals surface area contributed by atoms with Gasteiger partial charge in [0.15, 0.2) is 0 Å². The quantitative estimate of drug-likeness (QED) is 0.539. The molecule has 1 aromatic rings. The van der Waals surface area contributed by atoms with Crippen LogP contribution in [0.4, 0.5) is 0 Å². The molecule has 0 spiro atoms. The lowest BCUT2D eigenvalue weighted by Gasteiger charge is -2.26. The molecule has 1 unspecified atom stereocenters. The summed E-state index contributed by atoms with van der Waals surface area (Å²) in [5.74, 6) is 1.83. The summed E-state index contributed by atoms with van der Waals surface area (Å²) in [6, 6.07) is 6.19. The van der Waals surface area contributed by atoms with E-state index in [-0.39, 0.29) is 11.0 Å². The minimum atomic E-state index is 0.00890. The van der Waals surface area contributed by atoms with Gasteiger partial charge >= 0.3 is 0 Å². The molecule has 3 nitrogen and oxygen atoms in total. The Morgan fingerprint density at radius 2 is 2.12 bits per heavy atom. The summed E-state index contributed by atoms with van der Waals surface area (Å²) in [5, 5.41) is 0. The summed E-state index contributed by atoms with van der Waals surface area (Å²) in [6.07, 6.45) is 6.54. The number of benzene rings is 1. The van der Waals surface area contributed by atoms with Crippen molar-refractivity contribution in [3.05, 3.63) is 35.4 Å². The highest BCUT2D eigenvalue weighted by molar-refractivity contribution is 5.47. The first kappa shape index (κ1) is 19.8. The van der Waals surface area contributed by atoms with E-state index < -0.39 is 0 Å². The summed E-state index contributed by atoms with van der Waals surface area (Å²) < 4.78 is 17.3. The number of hydrogen-bond acceptors (Lipinski definition) is 3. The Morgan fingerprint density at radius 3 is 2.80 bits per heavy atom. The summed E-state index contributed by atoms with van der Waals surface area (Å²) in [5.41, 5.74) is 2.74. The first-order valence-electron chi connectivity index (χ1n) is 9.40. The molecule has 0 fully saturated rings. The Hall–Kier alpha value is -1.48. The Kier molecular flexibility index (Phi) is 6.56. The van der Waals surface area contributed by atoms with Crippen LogP contribution in [-0.4, -0.2) is 25.9 Å². The zero-order chi connectivity index (χ0) is 18.5. The topological polar surface area (TPSA) is 27.7 Å². The molecule has 0 amide bonds. The van der Waals surface area contributed by atoms with Crippen LogP contribution in [0, 0.1) is 0 Å². The molecule has 0 aromatic heterocycles. The molecule has 0 radical (unpaired) electrons. The van der Waals surface area contributed by atoms with Gasteiger partial charge in [-0.25, -0.2) is 0 Å². The molecule has 0 aliphatic carbocycles. The maximum Gasteiger partial charge on any atom is 0.126 e. The third-order valence-electron chi connectivity index (χ3n) is 5.47. The SMILES string of the molecule is CCC(C)(CCC/C(C)=C/COc1ccc2c(c1)OCC2(C)C)OC. The fourth-order valence-corrected chi connectivity index (χ4v) is 3.15. The Bertz CT molecular complexity index is 597. The van der Waals surface area contributed by atoms with Crippen molar-refractivity contribution in [1.82, 2.24) is 0 Å². The fraction of sp³-hybridized carbons (Fsp3) is 0.636. The highest BCUT2D eigenvalue weighted by Crippen LogP contribution is 2.40. The molecule has 0 bridgehead atoms. The lowest BCUT2D eigenvalue weighted by molar-refractivity contribution is -0.00563. The molecule has 2 rings (SSSR count). The predicted octanol–water partition coefficient (Wildman–Crippen LogP) is 5.67. The highest BCUT2D eigenvalue weighted by atomic mass is 16.5. The fourth-order valence-electron chi connectivity index (χ4n) is 3.15. The molecule has 1 aromatic carbocycles.